The number of fused-ring (bicyclic) bond motifs is 1. The standard InChI is InChI=1S/C21H20O4/c1-2-25-20-13-14(10-11-19(20)22)12-18(21(23)24)17-9-5-7-15-6-3-4-8-16(15)17/h3-11,13,18,22H,2,12H2,1H3,(H,23,24). The van der Waals surface area contributed by atoms with Crippen LogP contribution in [-0.2, 0) is 11.2 Å². The molecule has 3 rings (SSSR count). The molecule has 2 N–H and O–H groups in total. The second kappa shape index (κ2) is 7.26. The molecule has 25 heavy (non-hydrogen) atoms. The van der Waals surface area contributed by atoms with Gasteiger partial charge in [0.2, 0.25) is 0 Å². The summed E-state index contributed by atoms with van der Waals surface area (Å²) in [5, 5.41) is 21.6. The SMILES string of the molecule is CCOc1cc(CC(C(=O)O)c2cccc3ccccc23)ccc1O. The number of phenols is 1. The minimum atomic E-state index is -0.873. The lowest BCUT2D eigenvalue weighted by molar-refractivity contribution is -0.138. The third-order valence-corrected chi connectivity index (χ3v) is 4.26. The summed E-state index contributed by atoms with van der Waals surface area (Å²) in [6.07, 6.45) is 0.323. The fourth-order valence-electron chi connectivity index (χ4n) is 3.08. The summed E-state index contributed by atoms with van der Waals surface area (Å²) in [7, 11) is 0. The Morgan fingerprint density at radius 1 is 1.08 bits per heavy atom. The Hall–Kier alpha value is -3.01. The highest BCUT2D eigenvalue weighted by Gasteiger charge is 2.22. The second-order valence-corrected chi connectivity index (χ2v) is 5.90. The van der Waals surface area contributed by atoms with Crippen LogP contribution in [0.2, 0.25) is 0 Å². The molecule has 0 aromatic heterocycles. The number of hydrogen-bond acceptors (Lipinski definition) is 3. The highest BCUT2D eigenvalue weighted by atomic mass is 16.5. The quantitative estimate of drug-likeness (QED) is 0.702. The van der Waals surface area contributed by atoms with E-state index in [1.165, 1.54) is 0 Å². The Morgan fingerprint density at radius 2 is 1.84 bits per heavy atom. The van der Waals surface area contributed by atoms with E-state index in [9.17, 15) is 15.0 Å². The molecule has 1 unspecified atom stereocenters. The van der Waals surface area contributed by atoms with Gasteiger partial charge in [-0.25, -0.2) is 0 Å². The summed E-state index contributed by atoms with van der Waals surface area (Å²) in [5.41, 5.74) is 1.60. The van der Waals surface area contributed by atoms with Crippen molar-refractivity contribution in [2.75, 3.05) is 6.61 Å². The molecule has 0 saturated carbocycles. The molecule has 0 aliphatic carbocycles. The lowest BCUT2D eigenvalue weighted by Crippen LogP contribution is -2.15. The molecule has 0 amide bonds. The first-order valence-electron chi connectivity index (χ1n) is 8.25. The van der Waals surface area contributed by atoms with Crippen molar-refractivity contribution in [2.45, 2.75) is 19.3 Å². The summed E-state index contributed by atoms with van der Waals surface area (Å²) < 4.78 is 5.40. The number of aliphatic carboxylic acids is 1. The first-order chi connectivity index (χ1) is 12.1. The predicted octanol–water partition coefficient (Wildman–Crippen LogP) is 4.36. The number of carboxylic acid groups (broad SMARTS) is 1. The van der Waals surface area contributed by atoms with Crippen molar-refractivity contribution in [2.24, 2.45) is 0 Å². The van der Waals surface area contributed by atoms with Crippen LogP contribution in [0.3, 0.4) is 0 Å². The van der Waals surface area contributed by atoms with E-state index in [1.54, 1.807) is 18.2 Å². The van der Waals surface area contributed by atoms with E-state index in [-0.39, 0.29) is 5.75 Å². The van der Waals surface area contributed by atoms with E-state index >= 15 is 0 Å². The second-order valence-electron chi connectivity index (χ2n) is 5.90. The summed E-state index contributed by atoms with van der Waals surface area (Å²) in [4.78, 5) is 11.9. The van der Waals surface area contributed by atoms with Gasteiger partial charge in [0.1, 0.15) is 0 Å². The van der Waals surface area contributed by atoms with Crippen LogP contribution in [0.5, 0.6) is 11.5 Å². The van der Waals surface area contributed by atoms with Crippen molar-refractivity contribution in [3.8, 4) is 11.5 Å². The van der Waals surface area contributed by atoms with Crippen molar-refractivity contribution >= 4 is 16.7 Å². The molecule has 128 valence electrons. The van der Waals surface area contributed by atoms with Gasteiger partial charge in [-0.2, -0.15) is 0 Å². The minimum absolute atomic E-state index is 0.0580. The number of ether oxygens (including phenoxy) is 1. The van der Waals surface area contributed by atoms with Crippen LogP contribution in [0.15, 0.2) is 60.7 Å². The van der Waals surface area contributed by atoms with E-state index in [2.05, 4.69) is 0 Å². The normalized spacial score (nSPS) is 12.0. The molecule has 0 fully saturated rings. The topological polar surface area (TPSA) is 66.8 Å². The van der Waals surface area contributed by atoms with Crippen LogP contribution in [0.1, 0.15) is 24.0 Å². The van der Waals surface area contributed by atoms with Gasteiger partial charge in [-0.1, -0.05) is 48.5 Å². The zero-order valence-electron chi connectivity index (χ0n) is 14.0. The molecule has 3 aromatic rings. The third-order valence-electron chi connectivity index (χ3n) is 4.26. The number of rotatable bonds is 6. The van der Waals surface area contributed by atoms with Gasteiger partial charge in [-0.3, -0.25) is 4.79 Å². The molecular formula is C21H20O4. The number of benzene rings is 3. The van der Waals surface area contributed by atoms with Crippen LogP contribution >= 0.6 is 0 Å². The maximum atomic E-state index is 11.9. The van der Waals surface area contributed by atoms with Gasteiger partial charge in [0, 0.05) is 0 Å². The largest absolute Gasteiger partial charge is 0.504 e. The number of carboxylic acids is 1. The Morgan fingerprint density at radius 3 is 2.60 bits per heavy atom. The molecule has 3 aromatic carbocycles. The Bertz CT molecular complexity index is 896. The summed E-state index contributed by atoms with van der Waals surface area (Å²) in [6, 6.07) is 18.5. The molecule has 0 bridgehead atoms. The summed E-state index contributed by atoms with van der Waals surface area (Å²) in [5.74, 6) is -1.11. The smallest absolute Gasteiger partial charge is 0.311 e. The van der Waals surface area contributed by atoms with Gasteiger partial charge in [0.25, 0.3) is 0 Å². The molecule has 0 aliphatic heterocycles. The van der Waals surface area contributed by atoms with E-state index in [4.69, 9.17) is 4.74 Å². The fourth-order valence-corrected chi connectivity index (χ4v) is 3.08. The monoisotopic (exact) mass is 336 g/mol. The van der Waals surface area contributed by atoms with E-state index < -0.39 is 11.9 Å². The van der Waals surface area contributed by atoms with Crippen molar-refractivity contribution in [3.63, 3.8) is 0 Å². The molecule has 0 radical (unpaired) electrons. The molecule has 4 heteroatoms. The van der Waals surface area contributed by atoms with Crippen molar-refractivity contribution in [1.82, 2.24) is 0 Å². The maximum absolute atomic E-state index is 11.9. The lowest BCUT2D eigenvalue weighted by Gasteiger charge is -2.16. The molecule has 0 spiro atoms. The van der Waals surface area contributed by atoms with Crippen molar-refractivity contribution in [3.05, 3.63) is 71.8 Å². The third kappa shape index (κ3) is 3.58. The minimum Gasteiger partial charge on any atom is -0.504 e. The Balaban J connectivity index is 2.00. The van der Waals surface area contributed by atoms with Crippen molar-refractivity contribution in [1.29, 1.82) is 0 Å². The average molecular weight is 336 g/mol. The zero-order chi connectivity index (χ0) is 17.8. The first kappa shape index (κ1) is 16.8. The number of carbonyl (C=O) groups is 1. The van der Waals surface area contributed by atoms with Crippen LogP contribution in [-0.4, -0.2) is 22.8 Å². The molecule has 0 heterocycles. The van der Waals surface area contributed by atoms with E-state index in [0.717, 1.165) is 21.9 Å². The van der Waals surface area contributed by atoms with Gasteiger partial charge in [0.05, 0.1) is 12.5 Å². The first-order valence-corrected chi connectivity index (χ1v) is 8.25. The van der Waals surface area contributed by atoms with Crippen LogP contribution in [0.4, 0.5) is 0 Å². The molecule has 0 aliphatic rings. The number of phenolic OH excluding ortho intramolecular Hbond substituents is 1. The Kier molecular flexibility index (Phi) is 4.89. The summed E-state index contributed by atoms with van der Waals surface area (Å²) >= 11 is 0. The summed E-state index contributed by atoms with van der Waals surface area (Å²) in [6.45, 7) is 2.27. The number of hydrogen-bond donors (Lipinski definition) is 2. The van der Waals surface area contributed by atoms with Gasteiger partial charge < -0.3 is 14.9 Å². The predicted molar refractivity (Wildman–Crippen MR) is 97.3 cm³/mol. The van der Waals surface area contributed by atoms with Crippen LogP contribution < -0.4 is 4.74 Å². The molecule has 1 atom stereocenters. The van der Waals surface area contributed by atoms with Crippen LogP contribution in [0.25, 0.3) is 10.8 Å². The Labute approximate surface area is 146 Å². The van der Waals surface area contributed by atoms with Crippen molar-refractivity contribution < 1.29 is 19.7 Å². The lowest BCUT2D eigenvalue weighted by atomic mass is 9.88. The van der Waals surface area contributed by atoms with E-state index in [1.807, 2.05) is 49.4 Å². The van der Waals surface area contributed by atoms with Gasteiger partial charge >= 0.3 is 5.97 Å². The van der Waals surface area contributed by atoms with Gasteiger partial charge in [-0.05, 0) is 47.4 Å². The van der Waals surface area contributed by atoms with E-state index in [0.29, 0.717) is 18.8 Å². The molecular weight excluding hydrogens is 316 g/mol. The maximum Gasteiger partial charge on any atom is 0.311 e. The average Bonchev–Trinajstić information content (AvgIpc) is 2.62. The number of aromatic hydroxyl groups is 1. The highest BCUT2D eigenvalue weighted by Crippen LogP contribution is 2.32. The van der Waals surface area contributed by atoms with Crippen LogP contribution in [0, 0.1) is 0 Å². The van der Waals surface area contributed by atoms with Gasteiger partial charge in [0.15, 0.2) is 11.5 Å². The van der Waals surface area contributed by atoms with Gasteiger partial charge in [-0.15, -0.1) is 0 Å². The fraction of sp³-hybridized carbons (Fsp3) is 0.190. The zero-order valence-corrected chi connectivity index (χ0v) is 14.0. The highest BCUT2D eigenvalue weighted by molar-refractivity contribution is 5.90. The molecule has 4 nitrogen and oxygen atoms in total. The molecule has 0 saturated heterocycles.